The molecule has 0 aliphatic carbocycles. The van der Waals surface area contributed by atoms with Crippen molar-refractivity contribution in [2.45, 2.75) is 30.3 Å². The van der Waals surface area contributed by atoms with E-state index in [1.54, 1.807) is 0 Å². The average molecular weight is 285 g/mol. The summed E-state index contributed by atoms with van der Waals surface area (Å²) in [4.78, 5) is 1.31. The summed E-state index contributed by atoms with van der Waals surface area (Å²) in [5.74, 6) is 1.28. The molecule has 0 bridgehead atoms. The van der Waals surface area contributed by atoms with Gasteiger partial charge < -0.3 is 5.32 Å². The predicted molar refractivity (Wildman–Crippen MR) is 76.8 cm³/mol. The molecule has 5 heteroatoms. The summed E-state index contributed by atoms with van der Waals surface area (Å²) < 4.78 is 22.6. The molecule has 0 amide bonds. The first-order valence-corrected chi connectivity index (χ1v) is 9.16. The Balaban J connectivity index is 2.07. The summed E-state index contributed by atoms with van der Waals surface area (Å²) in [6, 6.07) is 8.62. The number of sulfone groups is 1. The summed E-state index contributed by atoms with van der Waals surface area (Å²) in [7, 11) is -2.92. The minimum absolute atomic E-state index is 0.0128. The maximum absolute atomic E-state index is 11.3. The molecule has 1 heterocycles. The van der Waals surface area contributed by atoms with Crippen LogP contribution in [0.15, 0.2) is 29.2 Å². The van der Waals surface area contributed by atoms with Crippen molar-refractivity contribution >= 4 is 21.6 Å². The van der Waals surface area contributed by atoms with Gasteiger partial charge in [-0.05, 0) is 30.7 Å². The molecule has 0 fully saturated rings. The van der Waals surface area contributed by atoms with Crippen LogP contribution in [0, 0.1) is 0 Å². The molecule has 1 aromatic rings. The average Bonchev–Trinajstić information content (AvgIpc) is 2.27. The van der Waals surface area contributed by atoms with E-state index >= 15 is 0 Å². The molecule has 1 aliphatic heterocycles. The SMILES string of the molecule is CC(CS(C)(=O)=O)NC1CCSc2ccccc21. The van der Waals surface area contributed by atoms with Gasteiger partial charge in [-0.2, -0.15) is 0 Å². The number of hydrogen-bond donors (Lipinski definition) is 1. The molecular formula is C13H19NO2S2. The van der Waals surface area contributed by atoms with Crippen LogP contribution in [0.2, 0.25) is 0 Å². The van der Waals surface area contributed by atoms with Crippen LogP contribution in [0.3, 0.4) is 0 Å². The highest BCUT2D eigenvalue weighted by Gasteiger charge is 2.22. The first kappa shape index (κ1) is 13.9. The van der Waals surface area contributed by atoms with E-state index in [0.717, 1.165) is 12.2 Å². The van der Waals surface area contributed by atoms with Crippen molar-refractivity contribution in [3.63, 3.8) is 0 Å². The van der Waals surface area contributed by atoms with Gasteiger partial charge in [0, 0.05) is 23.2 Å². The zero-order chi connectivity index (χ0) is 13.2. The largest absolute Gasteiger partial charge is 0.306 e. The lowest BCUT2D eigenvalue weighted by Crippen LogP contribution is -2.36. The predicted octanol–water partition coefficient (Wildman–Crippen LogP) is 2.25. The smallest absolute Gasteiger partial charge is 0.148 e. The maximum Gasteiger partial charge on any atom is 0.148 e. The van der Waals surface area contributed by atoms with Gasteiger partial charge in [-0.15, -0.1) is 11.8 Å². The number of nitrogens with one attached hydrogen (secondary N) is 1. The molecule has 0 saturated heterocycles. The number of rotatable bonds is 4. The van der Waals surface area contributed by atoms with Crippen LogP contribution < -0.4 is 5.32 Å². The van der Waals surface area contributed by atoms with E-state index in [4.69, 9.17) is 0 Å². The van der Waals surface area contributed by atoms with Gasteiger partial charge in [0.1, 0.15) is 9.84 Å². The molecule has 1 aromatic carbocycles. The van der Waals surface area contributed by atoms with Crippen molar-refractivity contribution in [1.82, 2.24) is 5.32 Å². The van der Waals surface area contributed by atoms with E-state index in [-0.39, 0.29) is 17.8 Å². The van der Waals surface area contributed by atoms with Gasteiger partial charge in [0.2, 0.25) is 0 Å². The summed E-state index contributed by atoms with van der Waals surface area (Å²) in [6.45, 7) is 1.94. The Labute approximate surface area is 113 Å². The third-order valence-electron chi connectivity index (χ3n) is 3.00. The van der Waals surface area contributed by atoms with Crippen LogP contribution in [0.1, 0.15) is 24.9 Å². The van der Waals surface area contributed by atoms with Gasteiger partial charge in [-0.25, -0.2) is 8.42 Å². The molecule has 18 heavy (non-hydrogen) atoms. The summed E-state index contributed by atoms with van der Waals surface area (Å²) in [6.07, 6.45) is 2.34. The molecule has 1 N–H and O–H groups in total. The van der Waals surface area contributed by atoms with Crippen molar-refractivity contribution in [3.05, 3.63) is 29.8 Å². The van der Waals surface area contributed by atoms with E-state index in [2.05, 4.69) is 17.4 Å². The molecule has 2 unspecified atom stereocenters. The second-order valence-corrected chi connectivity index (χ2v) is 8.21. The fourth-order valence-corrected chi connectivity index (χ4v) is 4.49. The Bertz CT molecular complexity index is 513. The first-order chi connectivity index (χ1) is 8.46. The van der Waals surface area contributed by atoms with Gasteiger partial charge in [0.15, 0.2) is 0 Å². The lowest BCUT2D eigenvalue weighted by atomic mass is 10.0. The minimum atomic E-state index is -2.92. The Kier molecular flexibility index (Phi) is 4.35. The van der Waals surface area contributed by atoms with Gasteiger partial charge in [-0.3, -0.25) is 0 Å². The third kappa shape index (κ3) is 3.73. The van der Waals surface area contributed by atoms with E-state index in [1.807, 2.05) is 30.8 Å². The Morgan fingerprint density at radius 2 is 2.17 bits per heavy atom. The van der Waals surface area contributed by atoms with Crippen molar-refractivity contribution in [2.75, 3.05) is 17.8 Å². The molecule has 3 nitrogen and oxygen atoms in total. The van der Waals surface area contributed by atoms with E-state index in [0.29, 0.717) is 0 Å². The molecule has 2 atom stereocenters. The number of hydrogen-bond acceptors (Lipinski definition) is 4. The highest BCUT2D eigenvalue weighted by Crippen LogP contribution is 2.35. The maximum atomic E-state index is 11.3. The Hall–Kier alpha value is -0.520. The highest BCUT2D eigenvalue weighted by atomic mass is 32.2. The number of thioether (sulfide) groups is 1. The molecule has 0 saturated carbocycles. The van der Waals surface area contributed by atoms with Crippen molar-refractivity contribution in [3.8, 4) is 0 Å². The first-order valence-electron chi connectivity index (χ1n) is 6.11. The van der Waals surface area contributed by atoms with Gasteiger partial charge in [0.05, 0.1) is 5.75 Å². The zero-order valence-electron chi connectivity index (χ0n) is 10.7. The van der Waals surface area contributed by atoms with Gasteiger partial charge in [-0.1, -0.05) is 18.2 Å². The molecule has 1 aliphatic rings. The zero-order valence-corrected chi connectivity index (χ0v) is 12.4. The lowest BCUT2D eigenvalue weighted by Gasteiger charge is -2.28. The van der Waals surface area contributed by atoms with Crippen LogP contribution in [-0.4, -0.2) is 32.2 Å². The summed E-state index contributed by atoms with van der Waals surface area (Å²) in [5.41, 5.74) is 1.30. The monoisotopic (exact) mass is 285 g/mol. The standard InChI is InChI=1S/C13H19NO2S2/c1-10(9-18(2,15)16)14-12-7-8-17-13-6-4-3-5-11(12)13/h3-6,10,12,14H,7-9H2,1-2H3. The fourth-order valence-electron chi connectivity index (χ4n) is 2.36. The summed E-state index contributed by atoms with van der Waals surface area (Å²) in [5, 5.41) is 3.44. The molecule has 0 radical (unpaired) electrons. The third-order valence-corrected chi connectivity index (χ3v) is 5.23. The Morgan fingerprint density at radius 3 is 2.89 bits per heavy atom. The summed E-state index contributed by atoms with van der Waals surface area (Å²) >= 11 is 1.87. The van der Waals surface area contributed by atoms with E-state index in [9.17, 15) is 8.42 Å². The van der Waals surface area contributed by atoms with E-state index in [1.165, 1.54) is 16.7 Å². The molecule has 2 rings (SSSR count). The van der Waals surface area contributed by atoms with Crippen LogP contribution in [-0.2, 0) is 9.84 Å². The Morgan fingerprint density at radius 1 is 1.44 bits per heavy atom. The van der Waals surface area contributed by atoms with Crippen molar-refractivity contribution in [2.24, 2.45) is 0 Å². The van der Waals surface area contributed by atoms with E-state index < -0.39 is 9.84 Å². The van der Waals surface area contributed by atoms with Crippen molar-refractivity contribution < 1.29 is 8.42 Å². The quantitative estimate of drug-likeness (QED) is 0.921. The fraction of sp³-hybridized carbons (Fsp3) is 0.538. The second kappa shape index (κ2) is 5.63. The topological polar surface area (TPSA) is 46.2 Å². The van der Waals surface area contributed by atoms with Crippen LogP contribution >= 0.6 is 11.8 Å². The molecule has 100 valence electrons. The molecule has 0 aromatic heterocycles. The van der Waals surface area contributed by atoms with Gasteiger partial charge >= 0.3 is 0 Å². The number of fused-ring (bicyclic) bond motifs is 1. The normalized spacial score (nSPS) is 21.3. The number of benzene rings is 1. The minimum Gasteiger partial charge on any atom is -0.306 e. The van der Waals surface area contributed by atoms with Crippen molar-refractivity contribution in [1.29, 1.82) is 0 Å². The molecular weight excluding hydrogens is 266 g/mol. The lowest BCUT2D eigenvalue weighted by molar-refractivity contribution is 0.458. The van der Waals surface area contributed by atoms with Crippen LogP contribution in [0.5, 0.6) is 0 Å². The van der Waals surface area contributed by atoms with Crippen LogP contribution in [0.4, 0.5) is 0 Å². The molecule has 0 spiro atoms. The van der Waals surface area contributed by atoms with Crippen LogP contribution in [0.25, 0.3) is 0 Å². The highest BCUT2D eigenvalue weighted by molar-refractivity contribution is 7.99. The second-order valence-electron chi connectivity index (χ2n) is 4.89. The van der Waals surface area contributed by atoms with Gasteiger partial charge in [0.25, 0.3) is 0 Å².